The quantitative estimate of drug-likeness (QED) is 0.0192. The molecule has 53 heavy (non-hydrogen) atoms. The van der Waals surface area contributed by atoms with Crippen molar-refractivity contribution in [3.8, 4) is 0 Å². The molecular formula is C43H69O9P. The zero-order chi connectivity index (χ0) is 39.1. The van der Waals surface area contributed by atoms with Crippen LogP contribution in [0.15, 0.2) is 97.2 Å². The zero-order valence-corrected chi connectivity index (χ0v) is 33.4. The van der Waals surface area contributed by atoms with Gasteiger partial charge < -0.3 is 24.4 Å². The molecule has 10 heteroatoms. The average Bonchev–Trinajstić information content (AvgIpc) is 3.12. The van der Waals surface area contributed by atoms with Gasteiger partial charge in [0.2, 0.25) is 0 Å². The number of hydrogen-bond donors (Lipinski definition) is 3. The van der Waals surface area contributed by atoms with Gasteiger partial charge in [-0.3, -0.25) is 14.1 Å². The van der Waals surface area contributed by atoms with Crippen molar-refractivity contribution < 1.29 is 43.0 Å². The van der Waals surface area contributed by atoms with E-state index in [1.807, 2.05) is 48.6 Å². The van der Waals surface area contributed by atoms with E-state index >= 15 is 0 Å². The molecular weight excluding hydrogens is 691 g/mol. The first kappa shape index (κ1) is 49.9. The third-order valence-electron chi connectivity index (χ3n) is 7.68. The van der Waals surface area contributed by atoms with Crippen LogP contribution in [0.4, 0.5) is 0 Å². The maximum Gasteiger partial charge on any atom is 0.469 e. The zero-order valence-electron chi connectivity index (χ0n) is 32.5. The lowest BCUT2D eigenvalue weighted by molar-refractivity contribution is -0.161. The molecule has 2 atom stereocenters. The molecule has 0 radical (unpaired) electrons. The summed E-state index contributed by atoms with van der Waals surface area (Å²) in [5.74, 6) is -1.05. The Labute approximate surface area is 320 Å². The van der Waals surface area contributed by atoms with Gasteiger partial charge in [0.05, 0.1) is 12.7 Å². The standard InChI is InChI=1S/C43H69O9P/c1-3-5-7-8-9-10-11-12-13-14-15-16-19-23-26-29-33-37-43(46)52-41(39-51-53(47,48)49)38-50-42(45)36-32-28-25-22-20-17-18-21-24-27-31-35-40(44)34-30-6-4-2/h9-10,12-13,15-18,22-27,31,35,40-41,44H,3-8,11,14,19-21,28-30,32-34,36-39H2,1-2H3,(H2,47,48,49)/b10-9-,13-12-,16-15-,18-17-,25-22-,26-23-,27-24-,35-31+/t40-,41-/m1/s1. The van der Waals surface area contributed by atoms with Crippen molar-refractivity contribution in [3.05, 3.63) is 97.2 Å². The van der Waals surface area contributed by atoms with Gasteiger partial charge >= 0.3 is 19.8 Å². The molecule has 0 aliphatic rings. The lowest BCUT2D eigenvalue weighted by atomic mass is 10.1. The molecule has 9 nitrogen and oxygen atoms in total. The van der Waals surface area contributed by atoms with Crippen LogP contribution in [0, 0.1) is 0 Å². The van der Waals surface area contributed by atoms with Gasteiger partial charge in [-0.25, -0.2) is 4.57 Å². The third-order valence-corrected chi connectivity index (χ3v) is 8.16. The van der Waals surface area contributed by atoms with Crippen molar-refractivity contribution in [3.63, 3.8) is 0 Å². The van der Waals surface area contributed by atoms with Crippen molar-refractivity contribution in [2.75, 3.05) is 13.2 Å². The van der Waals surface area contributed by atoms with Gasteiger partial charge in [0.1, 0.15) is 6.61 Å². The van der Waals surface area contributed by atoms with Crippen LogP contribution in [0.3, 0.4) is 0 Å². The molecule has 0 rings (SSSR count). The fourth-order valence-electron chi connectivity index (χ4n) is 4.70. The Kier molecular flexibility index (Phi) is 35.1. The van der Waals surface area contributed by atoms with Gasteiger partial charge in [-0.05, 0) is 77.0 Å². The van der Waals surface area contributed by atoms with Crippen LogP contribution < -0.4 is 0 Å². The fraction of sp³-hybridized carbons (Fsp3) is 0.581. The number of carbonyl (C=O) groups excluding carboxylic acids is 2. The first-order valence-electron chi connectivity index (χ1n) is 19.6. The smallest absolute Gasteiger partial charge is 0.462 e. The molecule has 0 fully saturated rings. The molecule has 0 saturated carbocycles. The fourth-order valence-corrected chi connectivity index (χ4v) is 5.06. The van der Waals surface area contributed by atoms with E-state index < -0.39 is 32.5 Å². The maximum atomic E-state index is 12.4. The van der Waals surface area contributed by atoms with Gasteiger partial charge in [-0.1, -0.05) is 143 Å². The molecule has 3 N–H and O–H groups in total. The number of aliphatic hydroxyl groups excluding tert-OH is 1. The molecule has 0 spiro atoms. The molecule has 0 aliphatic heterocycles. The highest BCUT2D eigenvalue weighted by Gasteiger charge is 2.22. The number of phosphoric ester groups is 1. The highest BCUT2D eigenvalue weighted by molar-refractivity contribution is 7.46. The van der Waals surface area contributed by atoms with Crippen LogP contribution in [-0.4, -0.2) is 52.3 Å². The Balaban J connectivity index is 4.22. The number of aliphatic hydroxyl groups is 1. The number of carbonyl (C=O) groups is 2. The van der Waals surface area contributed by atoms with Crippen LogP contribution in [0.1, 0.15) is 136 Å². The first-order valence-corrected chi connectivity index (χ1v) is 21.2. The maximum absolute atomic E-state index is 12.4. The minimum absolute atomic E-state index is 0.109. The highest BCUT2D eigenvalue weighted by Crippen LogP contribution is 2.35. The van der Waals surface area contributed by atoms with Crippen molar-refractivity contribution in [1.29, 1.82) is 0 Å². The Hall–Kier alpha value is -3.07. The van der Waals surface area contributed by atoms with Crippen LogP contribution in [0.2, 0.25) is 0 Å². The first-order chi connectivity index (χ1) is 25.7. The van der Waals surface area contributed by atoms with Crippen molar-refractivity contribution in [1.82, 2.24) is 0 Å². The lowest BCUT2D eigenvalue weighted by Gasteiger charge is -2.18. The normalized spacial score (nSPS) is 14.1. The topological polar surface area (TPSA) is 140 Å². The number of unbranched alkanes of at least 4 members (excludes halogenated alkanes) is 7. The molecule has 0 aromatic heterocycles. The molecule has 0 aliphatic carbocycles. The van der Waals surface area contributed by atoms with Gasteiger partial charge in [0.25, 0.3) is 0 Å². The third kappa shape index (κ3) is 40.0. The summed E-state index contributed by atoms with van der Waals surface area (Å²) in [6, 6.07) is 0. The van der Waals surface area contributed by atoms with Gasteiger partial charge in [-0.15, -0.1) is 0 Å². The summed E-state index contributed by atoms with van der Waals surface area (Å²) in [5.41, 5.74) is 0. The summed E-state index contributed by atoms with van der Waals surface area (Å²) in [4.78, 5) is 42.7. The van der Waals surface area contributed by atoms with E-state index in [2.05, 4.69) is 67.0 Å². The van der Waals surface area contributed by atoms with E-state index in [-0.39, 0.29) is 25.6 Å². The Bertz CT molecular complexity index is 1190. The number of allylic oxidation sites excluding steroid dienone is 15. The summed E-state index contributed by atoms with van der Waals surface area (Å²) >= 11 is 0. The SMILES string of the molecule is CCCCC/C=C\C/C=C\C/C=C\C/C=C\CCCC(=O)O[C@H](COC(=O)CCC/C=C\C/C=C\C/C=C\C=C\[C@H](O)CCCCC)COP(=O)(O)O. The molecule has 0 amide bonds. The Morgan fingerprint density at radius 1 is 0.585 bits per heavy atom. The van der Waals surface area contributed by atoms with Crippen LogP contribution in [-0.2, 0) is 28.2 Å². The average molecular weight is 761 g/mol. The van der Waals surface area contributed by atoms with Crippen LogP contribution in [0.5, 0.6) is 0 Å². The van der Waals surface area contributed by atoms with Crippen molar-refractivity contribution in [2.45, 2.75) is 148 Å². The molecule has 0 aromatic carbocycles. The highest BCUT2D eigenvalue weighted by atomic mass is 31.2. The second-order valence-corrected chi connectivity index (χ2v) is 14.0. The number of ether oxygens (including phenoxy) is 2. The molecule has 0 aromatic rings. The minimum atomic E-state index is -4.80. The second kappa shape index (κ2) is 37.3. The summed E-state index contributed by atoms with van der Waals surface area (Å²) in [6.07, 6.45) is 47.5. The molecule has 0 heterocycles. The van der Waals surface area contributed by atoms with E-state index in [0.29, 0.717) is 25.7 Å². The van der Waals surface area contributed by atoms with E-state index in [4.69, 9.17) is 19.3 Å². The number of esters is 2. The summed E-state index contributed by atoms with van der Waals surface area (Å²) in [5, 5.41) is 9.86. The summed E-state index contributed by atoms with van der Waals surface area (Å²) in [6.45, 7) is 3.41. The molecule has 0 saturated heterocycles. The largest absolute Gasteiger partial charge is 0.469 e. The number of phosphoric acid groups is 1. The molecule has 0 bridgehead atoms. The number of hydrogen-bond acceptors (Lipinski definition) is 7. The van der Waals surface area contributed by atoms with Gasteiger partial charge in [0.15, 0.2) is 6.10 Å². The van der Waals surface area contributed by atoms with E-state index in [1.54, 1.807) is 0 Å². The van der Waals surface area contributed by atoms with E-state index in [1.165, 1.54) is 19.3 Å². The van der Waals surface area contributed by atoms with Crippen molar-refractivity contribution in [2.24, 2.45) is 0 Å². The van der Waals surface area contributed by atoms with Gasteiger partial charge in [-0.2, -0.15) is 0 Å². The van der Waals surface area contributed by atoms with Gasteiger partial charge in [0, 0.05) is 12.8 Å². The predicted molar refractivity (Wildman–Crippen MR) is 217 cm³/mol. The second-order valence-electron chi connectivity index (χ2n) is 12.7. The van der Waals surface area contributed by atoms with E-state index in [9.17, 15) is 19.3 Å². The van der Waals surface area contributed by atoms with Crippen LogP contribution >= 0.6 is 7.82 Å². The minimum Gasteiger partial charge on any atom is -0.462 e. The molecule has 0 unspecified atom stereocenters. The predicted octanol–water partition coefficient (Wildman–Crippen LogP) is 10.8. The van der Waals surface area contributed by atoms with Crippen molar-refractivity contribution >= 4 is 19.8 Å². The van der Waals surface area contributed by atoms with E-state index in [0.717, 1.165) is 64.2 Å². The molecule has 300 valence electrons. The summed E-state index contributed by atoms with van der Waals surface area (Å²) in [7, 11) is -4.80. The number of rotatable bonds is 34. The van der Waals surface area contributed by atoms with Crippen LogP contribution in [0.25, 0.3) is 0 Å². The monoisotopic (exact) mass is 760 g/mol. The Morgan fingerprint density at radius 3 is 1.58 bits per heavy atom. The Morgan fingerprint density at radius 2 is 1.06 bits per heavy atom. The summed E-state index contributed by atoms with van der Waals surface area (Å²) < 4.78 is 26.2. The lowest BCUT2D eigenvalue weighted by Crippen LogP contribution is -2.29.